The van der Waals surface area contributed by atoms with Crippen molar-refractivity contribution in [2.75, 3.05) is 43.6 Å². The van der Waals surface area contributed by atoms with Gasteiger partial charge in [-0.15, -0.1) is 0 Å². The smallest absolute Gasteiger partial charge is 0.248 e. The molecule has 6 heteroatoms. The van der Waals surface area contributed by atoms with Gasteiger partial charge in [-0.3, -0.25) is 4.79 Å². The molecule has 1 aliphatic heterocycles. The molecule has 0 atom stereocenters. The highest BCUT2D eigenvalue weighted by Crippen LogP contribution is 2.24. The van der Waals surface area contributed by atoms with Crippen LogP contribution in [0.3, 0.4) is 0 Å². The standard InChI is InChI=1S/C20H21BrN2O3/c1-25-19-8-3-16(21)14-15(19)2-9-20(24)22-17-4-6-18(7-5-17)23-10-12-26-13-11-23/h2-9,14H,10-13H2,1H3,(H,22,24). The number of hydrogen-bond acceptors (Lipinski definition) is 4. The summed E-state index contributed by atoms with van der Waals surface area (Å²) >= 11 is 3.42. The molecule has 136 valence electrons. The van der Waals surface area contributed by atoms with Crippen LogP contribution in [0.5, 0.6) is 5.75 Å². The molecule has 0 aliphatic carbocycles. The summed E-state index contributed by atoms with van der Waals surface area (Å²) in [6.07, 6.45) is 3.24. The Kier molecular flexibility index (Phi) is 6.30. The Balaban J connectivity index is 1.62. The van der Waals surface area contributed by atoms with Gasteiger partial charge in [0.05, 0.1) is 20.3 Å². The summed E-state index contributed by atoms with van der Waals surface area (Å²) in [6, 6.07) is 13.5. The number of nitrogens with one attached hydrogen (secondary N) is 1. The lowest BCUT2D eigenvalue weighted by Gasteiger charge is -2.28. The van der Waals surface area contributed by atoms with Crippen molar-refractivity contribution < 1.29 is 14.3 Å². The van der Waals surface area contributed by atoms with Crippen LogP contribution in [0, 0.1) is 0 Å². The Hall–Kier alpha value is -2.31. The number of methoxy groups -OCH3 is 1. The van der Waals surface area contributed by atoms with Gasteiger partial charge in [0.2, 0.25) is 5.91 Å². The number of halogens is 1. The normalized spacial score (nSPS) is 14.5. The molecular formula is C20H21BrN2O3. The fourth-order valence-corrected chi connectivity index (χ4v) is 3.14. The van der Waals surface area contributed by atoms with Gasteiger partial charge in [0, 0.05) is 40.6 Å². The van der Waals surface area contributed by atoms with Gasteiger partial charge in [0.15, 0.2) is 0 Å². The van der Waals surface area contributed by atoms with Crippen LogP contribution in [0.15, 0.2) is 53.0 Å². The third kappa shape index (κ3) is 4.86. The minimum absolute atomic E-state index is 0.189. The SMILES string of the molecule is COc1ccc(Br)cc1C=CC(=O)Nc1ccc(N2CCOCC2)cc1. The van der Waals surface area contributed by atoms with Crippen molar-refractivity contribution in [2.24, 2.45) is 0 Å². The summed E-state index contributed by atoms with van der Waals surface area (Å²) < 4.78 is 11.6. The van der Waals surface area contributed by atoms with Crippen molar-refractivity contribution in [3.05, 3.63) is 58.6 Å². The van der Waals surface area contributed by atoms with Crippen LogP contribution in [-0.2, 0) is 9.53 Å². The predicted molar refractivity (Wildman–Crippen MR) is 108 cm³/mol. The maximum atomic E-state index is 12.2. The zero-order chi connectivity index (χ0) is 18.4. The Labute approximate surface area is 161 Å². The first kappa shape index (κ1) is 18.5. The first-order valence-electron chi connectivity index (χ1n) is 8.41. The van der Waals surface area contributed by atoms with Crippen LogP contribution in [0.4, 0.5) is 11.4 Å². The summed E-state index contributed by atoms with van der Waals surface area (Å²) in [5, 5.41) is 2.87. The number of rotatable bonds is 5. The lowest BCUT2D eigenvalue weighted by atomic mass is 10.2. The van der Waals surface area contributed by atoms with E-state index >= 15 is 0 Å². The number of morpholine rings is 1. The number of anilines is 2. The van der Waals surface area contributed by atoms with Gasteiger partial charge >= 0.3 is 0 Å². The van der Waals surface area contributed by atoms with Crippen molar-refractivity contribution >= 4 is 39.3 Å². The fourth-order valence-electron chi connectivity index (χ4n) is 2.76. The third-order valence-corrected chi connectivity index (χ3v) is 4.61. The minimum Gasteiger partial charge on any atom is -0.496 e. The maximum Gasteiger partial charge on any atom is 0.248 e. The number of amides is 1. The molecule has 2 aromatic carbocycles. The molecule has 1 amide bonds. The molecule has 26 heavy (non-hydrogen) atoms. The molecule has 0 unspecified atom stereocenters. The predicted octanol–water partition coefficient (Wildman–Crippen LogP) is 3.95. The van der Waals surface area contributed by atoms with Gasteiger partial charge in [-0.1, -0.05) is 15.9 Å². The molecule has 1 aliphatic rings. The van der Waals surface area contributed by atoms with Gasteiger partial charge in [0.25, 0.3) is 0 Å². The summed E-state index contributed by atoms with van der Waals surface area (Å²) in [7, 11) is 1.61. The first-order chi connectivity index (χ1) is 12.7. The van der Waals surface area contributed by atoms with Crippen LogP contribution in [0.2, 0.25) is 0 Å². The molecule has 2 aromatic rings. The maximum absolute atomic E-state index is 12.2. The Morgan fingerprint density at radius 2 is 1.92 bits per heavy atom. The van der Waals surface area contributed by atoms with E-state index < -0.39 is 0 Å². The molecule has 1 fully saturated rings. The van der Waals surface area contributed by atoms with Crippen molar-refractivity contribution in [1.82, 2.24) is 0 Å². The number of benzene rings is 2. The molecule has 5 nitrogen and oxygen atoms in total. The van der Waals surface area contributed by atoms with E-state index in [1.807, 2.05) is 42.5 Å². The van der Waals surface area contributed by atoms with E-state index in [0.717, 1.165) is 47.7 Å². The highest BCUT2D eigenvalue weighted by molar-refractivity contribution is 9.10. The van der Waals surface area contributed by atoms with Crippen LogP contribution >= 0.6 is 15.9 Å². The molecule has 1 N–H and O–H groups in total. The van der Waals surface area contributed by atoms with Gasteiger partial charge < -0.3 is 19.7 Å². The lowest BCUT2D eigenvalue weighted by Crippen LogP contribution is -2.36. The largest absolute Gasteiger partial charge is 0.496 e. The van der Waals surface area contributed by atoms with Crippen LogP contribution < -0.4 is 15.0 Å². The van der Waals surface area contributed by atoms with E-state index in [4.69, 9.17) is 9.47 Å². The number of carbonyl (C=O) groups excluding carboxylic acids is 1. The summed E-state index contributed by atoms with van der Waals surface area (Å²) in [4.78, 5) is 14.5. The highest BCUT2D eigenvalue weighted by Gasteiger charge is 2.11. The van der Waals surface area contributed by atoms with Crippen molar-refractivity contribution in [3.63, 3.8) is 0 Å². The quantitative estimate of drug-likeness (QED) is 0.749. The second-order valence-electron chi connectivity index (χ2n) is 5.86. The van der Waals surface area contributed by atoms with Crippen LogP contribution in [0.25, 0.3) is 6.08 Å². The molecule has 0 saturated carbocycles. The summed E-state index contributed by atoms with van der Waals surface area (Å²) in [6.45, 7) is 3.29. The van der Waals surface area contributed by atoms with Gasteiger partial charge in [0.1, 0.15) is 5.75 Å². The zero-order valence-corrected chi connectivity index (χ0v) is 16.2. The first-order valence-corrected chi connectivity index (χ1v) is 9.20. The van der Waals surface area contributed by atoms with Crippen molar-refractivity contribution in [3.8, 4) is 5.75 Å². The molecule has 1 saturated heterocycles. The number of ether oxygens (including phenoxy) is 2. The van der Waals surface area contributed by atoms with Crippen LogP contribution in [-0.4, -0.2) is 39.3 Å². The van der Waals surface area contributed by atoms with Crippen molar-refractivity contribution in [1.29, 1.82) is 0 Å². The number of carbonyl (C=O) groups is 1. The van der Waals surface area contributed by atoms with Gasteiger partial charge in [-0.25, -0.2) is 0 Å². The average Bonchev–Trinajstić information content (AvgIpc) is 2.68. The molecular weight excluding hydrogens is 396 g/mol. The van der Waals surface area contributed by atoms with E-state index in [2.05, 4.69) is 26.1 Å². The summed E-state index contributed by atoms with van der Waals surface area (Å²) in [5.74, 6) is 0.526. The molecule has 0 bridgehead atoms. The number of nitrogens with zero attached hydrogens (tertiary/aromatic N) is 1. The van der Waals surface area contributed by atoms with Crippen LogP contribution in [0.1, 0.15) is 5.56 Å². The molecule has 3 rings (SSSR count). The lowest BCUT2D eigenvalue weighted by molar-refractivity contribution is -0.111. The average molecular weight is 417 g/mol. The van der Waals surface area contributed by atoms with Crippen molar-refractivity contribution in [2.45, 2.75) is 0 Å². The minimum atomic E-state index is -0.189. The van der Waals surface area contributed by atoms with E-state index in [1.165, 1.54) is 6.08 Å². The second-order valence-corrected chi connectivity index (χ2v) is 6.77. The van der Waals surface area contributed by atoms with E-state index in [9.17, 15) is 4.79 Å². The summed E-state index contributed by atoms with van der Waals surface area (Å²) in [5.41, 5.74) is 2.73. The second kappa shape index (κ2) is 8.87. The third-order valence-electron chi connectivity index (χ3n) is 4.12. The monoisotopic (exact) mass is 416 g/mol. The Bertz CT molecular complexity index is 784. The van der Waals surface area contributed by atoms with E-state index in [1.54, 1.807) is 13.2 Å². The molecule has 0 radical (unpaired) electrons. The highest BCUT2D eigenvalue weighted by atomic mass is 79.9. The van der Waals surface area contributed by atoms with E-state index in [0.29, 0.717) is 5.75 Å². The Morgan fingerprint density at radius 1 is 1.19 bits per heavy atom. The van der Waals surface area contributed by atoms with E-state index in [-0.39, 0.29) is 5.91 Å². The molecule has 0 spiro atoms. The number of hydrogen-bond donors (Lipinski definition) is 1. The van der Waals surface area contributed by atoms with Gasteiger partial charge in [-0.2, -0.15) is 0 Å². The fraction of sp³-hybridized carbons (Fsp3) is 0.250. The Morgan fingerprint density at radius 3 is 2.62 bits per heavy atom. The van der Waals surface area contributed by atoms with Gasteiger partial charge in [-0.05, 0) is 48.5 Å². The zero-order valence-electron chi connectivity index (χ0n) is 14.6. The topological polar surface area (TPSA) is 50.8 Å². The molecule has 1 heterocycles. The molecule has 0 aromatic heterocycles.